The van der Waals surface area contributed by atoms with Gasteiger partial charge in [-0.1, -0.05) is 11.6 Å². The Morgan fingerprint density at radius 2 is 1.45 bits per heavy atom. The SMILES string of the molecule is O=C1C[C@@H](N2CCN(c3ncccn3)CC2)C(=O)N1c1ccc(Oc2ccc(Cl)cc2)cc1. The first-order chi connectivity index (χ1) is 16.1. The molecular weight excluding hydrogens is 442 g/mol. The van der Waals surface area contributed by atoms with Crippen LogP contribution in [0.2, 0.25) is 5.02 Å². The third kappa shape index (κ3) is 4.53. The lowest BCUT2D eigenvalue weighted by Crippen LogP contribution is -2.53. The highest BCUT2D eigenvalue weighted by Gasteiger charge is 2.43. The van der Waals surface area contributed by atoms with E-state index in [1.807, 2.05) is 0 Å². The number of nitrogens with zero attached hydrogens (tertiary/aromatic N) is 5. The lowest BCUT2D eigenvalue weighted by Gasteiger charge is -2.36. The molecule has 0 N–H and O–H groups in total. The second kappa shape index (κ2) is 9.17. The fraction of sp³-hybridized carbons (Fsp3) is 0.250. The van der Waals surface area contributed by atoms with Gasteiger partial charge in [-0.15, -0.1) is 0 Å². The fourth-order valence-corrected chi connectivity index (χ4v) is 4.29. The first kappa shape index (κ1) is 21.4. The maximum Gasteiger partial charge on any atom is 0.251 e. The molecule has 8 nitrogen and oxygen atoms in total. The standard InChI is InChI=1S/C24H22ClN5O3/c25-17-2-6-19(7-3-17)33-20-8-4-18(5-9-20)30-22(31)16-21(23(30)32)28-12-14-29(15-13-28)24-26-10-1-11-27-24/h1-11,21H,12-16H2/t21-/m1/s1. The molecule has 3 heterocycles. The Morgan fingerprint density at radius 1 is 0.848 bits per heavy atom. The van der Waals surface area contributed by atoms with Crippen LogP contribution in [0.15, 0.2) is 67.0 Å². The zero-order valence-corrected chi connectivity index (χ0v) is 18.6. The van der Waals surface area contributed by atoms with Gasteiger partial charge < -0.3 is 9.64 Å². The Morgan fingerprint density at radius 3 is 2.09 bits per heavy atom. The smallest absolute Gasteiger partial charge is 0.251 e. The molecule has 3 aromatic rings. The van der Waals surface area contributed by atoms with E-state index < -0.39 is 6.04 Å². The highest BCUT2D eigenvalue weighted by Crippen LogP contribution is 2.30. The van der Waals surface area contributed by atoms with Crippen molar-refractivity contribution in [2.75, 3.05) is 36.0 Å². The summed E-state index contributed by atoms with van der Waals surface area (Å²) in [7, 11) is 0. The molecule has 0 spiro atoms. The molecule has 1 aromatic heterocycles. The first-order valence-electron chi connectivity index (χ1n) is 10.7. The van der Waals surface area contributed by atoms with E-state index in [1.165, 1.54) is 4.90 Å². The second-order valence-electron chi connectivity index (χ2n) is 7.91. The van der Waals surface area contributed by atoms with Gasteiger partial charge in [0.1, 0.15) is 11.5 Å². The van der Waals surface area contributed by atoms with Crippen molar-refractivity contribution in [3.63, 3.8) is 0 Å². The topological polar surface area (TPSA) is 78.9 Å². The third-order valence-corrected chi connectivity index (χ3v) is 6.11. The maximum atomic E-state index is 13.2. The van der Waals surface area contributed by atoms with Gasteiger partial charge in [0.05, 0.1) is 18.2 Å². The molecule has 2 fully saturated rings. The number of piperazine rings is 1. The molecule has 2 aliphatic rings. The molecule has 0 unspecified atom stereocenters. The summed E-state index contributed by atoms with van der Waals surface area (Å²) < 4.78 is 5.80. The second-order valence-corrected chi connectivity index (χ2v) is 8.35. The van der Waals surface area contributed by atoms with E-state index in [9.17, 15) is 9.59 Å². The quantitative estimate of drug-likeness (QED) is 0.537. The minimum absolute atomic E-state index is 0.184. The van der Waals surface area contributed by atoms with Crippen LogP contribution in [0.5, 0.6) is 11.5 Å². The number of benzene rings is 2. The van der Waals surface area contributed by atoms with Crippen LogP contribution >= 0.6 is 11.6 Å². The minimum Gasteiger partial charge on any atom is -0.457 e. The number of anilines is 2. The van der Waals surface area contributed by atoms with E-state index in [0.717, 1.165) is 0 Å². The number of carbonyl (C=O) groups excluding carboxylic acids is 2. The molecule has 5 rings (SSSR count). The van der Waals surface area contributed by atoms with Crippen LogP contribution in [0.4, 0.5) is 11.6 Å². The van der Waals surface area contributed by atoms with Crippen molar-refractivity contribution in [1.29, 1.82) is 0 Å². The molecule has 0 aliphatic carbocycles. The van der Waals surface area contributed by atoms with E-state index in [0.29, 0.717) is 54.3 Å². The van der Waals surface area contributed by atoms with E-state index in [1.54, 1.807) is 67.0 Å². The monoisotopic (exact) mass is 463 g/mol. The van der Waals surface area contributed by atoms with Crippen molar-refractivity contribution in [2.24, 2.45) is 0 Å². The fourth-order valence-electron chi connectivity index (χ4n) is 4.16. The van der Waals surface area contributed by atoms with Crippen LogP contribution in [-0.4, -0.2) is 58.9 Å². The van der Waals surface area contributed by atoms with Gasteiger partial charge in [0, 0.05) is 43.6 Å². The minimum atomic E-state index is -0.443. The lowest BCUT2D eigenvalue weighted by molar-refractivity contribution is -0.123. The Hall–Kier alpha value is -3.49. The molecule has 9 heteroatoms. The highest BCUT2D eigenvalue weighted by atomic mass is 35.5. The molecule has 0 saturated carbocycles. The van der Waals surface area contributed by atoms with Crippen molar-refractivity contribution in [1.82, 2.24) is 14.9 Å². The van der Waals surface area contributed by atoms with E-state index in [4.69, 9.17) is 16.3 Å². The van der Waals surface area contributed by atoms with Crippen molar-refractivity contribution in [3.8, 4) is 11.5 Å². The molecule has 168 valence electrons. The maximum absolute atomic E-state index is 13.2. The molecule has 2 aliphatic heterocycles. The number of halogens is 1. The number of aromatic nitrogens is 2. The Labute approximate surface area is 196 Å². The Kier molecular flexibility index (Phi) is 5.93. The van der Waals surface area contributed by atoms with Gasteiger partial charge in [-0.3, -0.25) is 14.5 Å². The molecule has 2 saturated heterocycles. The number of rotatable bonds is 5. The van der Waals surface area contributed by atoms with Crippen molar-refractivity contribution >= 4 is 35.1 Å². The predicted molar refractivity (Wildman–Crippen MR) is 125 cm³/mol. The number of amides is 2. The van der Waals surface area contributed by atoms with Gasteiger partial charge in [0.15, 0.2) is 0 Å². The summed E-state index contributed by atoms with van der Waals surface area (Å²) in [5.74, 6) is 1.58. The summed E-state index contributed by atoms with van der Waals surface area (Å²) in [5.41, 5.74) is 0.548. The number of hydrogen-bond acceptors (Lipinski definition) is 7. The predicted octanol–water partition coefficient (Wildman–Crippen LogP) is 3.38. The van der Waals surface area contributed by atoms with Gasteiger partial charge in [-0.25, -0.2) is 14.9 Å². The van der Waals surface area contributed by atoms with Crippen LogP contribution in [0, 0.1) is 0 Å². The van der Waals surface area contributed by atoms with Gasteiger partial charge in [0.25, 0.3) is 5.91 Å². The zero-order chi connectivity index (χ0) is 22.8. The van der Waals surface area contributed by atoms with E-state index in [2.05, 4.69) is 19.8 Å². The number of ether oxygens (including phenoxy) is 1. The van der Waals surface area contributed by atoms with Crippen molar-refractivity contribution < 1.29 is 14.3 Å². The molecule has 2 amide bonds. The van der Waals surface area contributed by atoms with Gasteiger partial charge in [0.2, 0.25) is 11.9 Å². The van der Waals surface area contributed by atoms with E-state index >= 15 is 0 Å². The van der Waals surface area contributed by atoms with Gasteiger partial charge in [-0.2, -0.15) is 0 Å². The molecule has 0 radical (unpaired) electrons. The summed E-state index contributed by atoms with van der Waals surface area (Å²) in [6.07, 6.45) is 3.62. The number of hydrogen-bond donors (Lipinski definition) is 0. The third-order valence-electron chi connectivity index (χ3n) is 5.86. The summed E-state index contributed by atoms with van der Waals surface area (Å²) in [5, 5.41) is 0.633. The molecular formula is C24H22ClN5O3. The summed E-state index contributed by atoms with van der Waals surface area (Å²) in [6, 6.07) is 15.3. The largest absolute Gasteiger partial charge is 0.457 e. The van der Waals surface area contributed by atoms with Crippen LogP contribution in [0.25, 0.3) is 0 Å². The normalized spacial score (nSPS) is 19.2. The van der Waals surface area contributed by atoms with Crippen LogP contribution in [-0.2, 0) is 9.59 Å². The molecule has 33 heavy (non-hydrogen) atoms. The first-order valence-corrected chi connectivity index (χ1v) is 11.1. The van der Waals surface area contributed by atoms with Crippen LogP contribution < -0.4 is 14.5 Å². The van der Waals surface area contributed by atoms with Crippen LogP contribution in [0.1, 0.15) is 6.42 Å². The molecule has 0 bridgehead atoms. The summed E-state index contributed by atoms with van der Waals surface area (Å²) in [4.78, 5) is 39.9. The van der Waals surface area contributed by atoms with Gasteiger partial charge >= 0.3 is 0 Å². The van der Waals surface area contributed by atoms with Crippen molar-refractivity contribution in [3.05, 3.63) is 72.0 Å². The summed E-state index contributed by atoms with van der Waals surface area (Å²) >= 11 is 5.90. The Balaban J connectivity index is 1.23. The van der Waals surface area contributed by atoms with Gasteiger partial charge in [-0.05, 0) is 54.6 Å². The molecule has 1 atom stereocenters. The van der Waals surface area contributed by atoms with E-state index in [-0.39, 0.29) is 18.2 Å². The lowest BCUT2D eigenvalue weighted by atomic mass is 10.2. The average molecular weight is 464 g/mol. The Bertz CT molecular complexity index is 1130. The summed E-state index contributed by atoms with van der Waals surface area (Å²) in [6.45, 7) is 2.75. The zero-order valence-electron chi connectivity index (χ0n) is 17.8. The number of carbonyl (C=O) groups is 2. The highest BCUT2D eigenvalue weighted by molar-refractivity contribution is 6.30. The average Bonchev–Trinajstić information content (AvgIpc) is 3.15. The number of imide groups is 1. The van der Waals surface area contributed by atoms with Crippen LogP contribution in [0.3, 0.4) is 0 Å². The molecule has 2 aromatic carbocycles. The van der Waals surface area contributed by atoms with Crippen molar-refractivity contribution in [2.45, 2.75) is 12.5 Å².